The molecule has 2 aromatic carbocycles. The van der Waals surface area contributed by atoms with Gasteiger partial charge in [-0.2, -0.15) is 0 Å². The summed E-state index contributed by atoms with van der Waals surface area (Å²) < 4.78 is 7.40. The SMILES string of the molecule is Cc1cccc(COc2ccc(NC(=O)CSCc3cc(=O)n4ccsc4n3)c(C)c2)c1. The van der Waals surface area contributed by atoms with Crippen LogP contribution in [0.1, 0.15) is 22.4 Å². The van der Waals surface area contributed by atoms with Crippen molar-refractivity contribution < 1.29 is 9.53 Å². The van der Waals surface area contributed by atoms with Crippen molar-refractivity contribution in [3.8, 4) is 5.75 Å². The molecule has 0 radical (unpaired) electrons. The van der Waals surface area contributed by atoms with Gasteiger partial charge in [-0.05, 0) is 43.2 Å². The molecule has 8 heteroatoms. The Balaban J connectivity index is 1.28. The smallest absolute Gasteiger partial charge is 0.258 e. The van der Waals surface area contributed by atoms with Crippen molar-refractivity contribution in [1.29, 1.82) is 0 Å². The molecule has 0 aliphatic rings. The van der Waals surface area contributed by atoms with Gasteiger partial charge in [0, 0.05) is 29.1 Å². The normalized spacial score (nSPS) is 10.9. The van der Waals surface area contributed by atoms with Crippen molar-refractivity contribution in [1.82, 2.24) is 9.38 Å². The first-order valence-electron chi connectivity index (χ1n) is 10.1. The molecule has 164 valence electrons. The van der Waals surface area contributed by atoms with Gasteiger partial charge in [-0.3, -0.25) is 14.0 Å². The van der Waals surface area contributed by atoms with E-state index in [9.17, 15) is 9.59 Å². The summed E-state index contributed by atoms with van der Waals surface area (Å²) in [5, 5.41) is 4.77. The minimum absolute atomic E-state index is 0.0968. The van der Waals surface area contributed by atoms with Crippen LogP contribution in [0.2, 0.25) is 0 Å². The summed E-state index contributed by atoms with van der Waals surface area (Å²) in [5.41, 5.74) is 4.59. The number of hydrogen-bond acceptors (Lipinski definition) is 6. The third-order valence-corrected chi connectivity index (χ3v) is 6.52. The van der Waals surface area contributed by atoms with Crippen molar-refractivity contribution in [3.63, 3.8) is 0 Å². The highest BCUT2D eigenvalue weighted by Crippen LogP contribution is 2.23. The summed E-state index contributed by atoms with van der Waals surface area (Å²) >= 11 is 2.84. The molecular formula is C24H23N3O3S2. The predicted octanol–water partition coefficient (Wildman–Crippen LogP) is 4.82. The number of nitrogens with one attached hydrogen (secondary N) is 1. The largest absolute Gasteiger partial charge is 0.489 e. The van der Waals surface area contributed by atoms with Crippen LogP contribution in [0.25, 0.3) is 4.96 Å². The van der Waals surface area contributed by atoms with E-state index in [1.807, 2.05) is 42.6 Å². The number of anilines is 1. The monoisotopic (exact) mass is 465 g/mol. The molecule has 0 unspecified atom stereocenters. The van der Waals surface area contributed by atoms with Gasteiger partial charge in [-0.1, -0.05) is 29.8 Å². The van der Waals surface area contributed by atoms with E-state index in [0.717, 1.165) is 22.6 Å². The maximum Gasteiger partial charge on any atom is 0.258 e. The number of aryl methyl sites for hydroxylation is 2. The zero-order chi connectivity index (χ0) is 22.5. The third kappa shape index (κ3) is 5.57. The minimum Gasteiger partial charge on any atom is -0.489 e. The lowest BCUT2D eigenvalue weighted by atomic mass is 10.1. The van der Waals surface area contributed by atoms with Crippen LogP contribution in [0.4, 0.5) is 5.69 Å². The second kappa shape index (κ2) is 10.0. The third-order valence-electron chi connectivity index (χ3n) is 4.80. The number of hydrogen-bond donors (Lipinski definition) is 1. The Morgan fingerprint density at radius 1 is 1.19 bits per heavy atom. The summed E-state index contributed by atoms with van der Waals surface area (Å²) in [7, 11) is 0. The number of ether oxygens (including phenoxy) is 1. The summed E-state index contributed by atoms with van der Waals surface area (Å²) in [6.45, 7) is 4.50. The van der Waals surface area contributed by atoms with Crippen LogP contribution in [0.15, 0.2) is 64.9 Å². The van der Waals surface area contributed by atoms with Crippen LogP contribution in [0.3, 0.4) is 0 Å². The van der Waals surface area contributed by atoms with E-state index in [2.05, 4.69) is 29.4 Å². The van der Waals surface area contributed by atoms with E-state index >= 15 is 0 Å². The standard InChI is InChI=1S/C24H23N3O3S2/c1-16-4-3-5-18(10-16)13-30-20-6-7-21(17(2)11-20)26-22(28)15-31-14-19-12-23(29)27-8-9-32-24(27)25-19/h3-12H,13-15H2,1-2H3,(H,26,28). The predicted molar refractivity (Wildman–Crippen MR) is 131 cm³/mol. The van der Waals surface area contributed by atoms with Crippen LogP contribution >= 0.6 is 23.1 Å². The number of thiazole rings is 1. The van der Waals surface area contributed by atoms with Crippen LogP contribution in [-0.2, 0) is 17.2 Å². The fourth-order valence-corrected chi connectivity index (χ4v) is 4.69. The highest BCUT2D eigenvalue weighted by atomic mass is 32.2. The molecule has 0 saturated heterocycles. The maximum absolute atomic E-state index is 12.4. The molecule has 2 aromatic heterocycles. The maximum atomic E-state index is 12.4. The zero-order valence-corrected chi connectivity index (χ0v) is 19.5. The number of thioether (sulfide) groups is 1. The summed E-state index contributed by atoms with van der Waals surface area (Å²) in [6, 6.07) is 15.4. The molecule has 0 aliphatic carbocycles. The van der Waals surface area contributed by atoms with Crippen LogP contribution in [0.5, 0.6) is 5.75 Å². The number of nitrogens with zero attached hydrogens (tertiary/aromatic N) is 2. The Labute approximate surface area is 194 Å². The highest BCUT2D eigenvalue weighted by molar-refractivity contribution is 7.99. The Bertz CT molecular complexity index is 1310. The number of amides is 1. The fourth-order valence-electron chi connectivity index (χ4n) is 3.23. The summed E-state index contributed by atoms with van der Waals surface area (Å²) in [4.78, 5) is 29.5. The molecule has 0 bridgehead atoms. The quantitative estimate of drug-likeness (QED) is 0.404. The number of carbonyl (C=O) groups excluding carboxylic acids is 1. The zero-order valence-electron chi connectivity index (χ0n) is 17.8. The van der Waals surface area contributed by atoms with E-state index < -0.39 is 0 Å². The van der Waals surface area contributed by atoms with Gasteiger partial charge in [0.1, 0.15) is 12.4 Å². The number of benzene rings is 2. The first-order valence-corrected chi connectivity index (χ1v) is 12.1. The van der Waals surface area contributed by atoms with Crippen LogP contribution < -0.4 is 15.6 Å². The van der Waals surface area contributed by atoms with Crippen molar-refractivity contribution >= 4 is 39.7 Å². The van der Waals surface area contributed by atoms with E-state index in [0.29, 0.717) is 23.0 Å². The molecule has 2 heterocycles. The number of rotatable bonds is 8. The lowest BCUT2D eigenvalue weighted by molar-refractivity contribution is -0.113. The van der Waals surface area contributed by atoms with E-state index in [1.54, 1.807) is 6.20 Å². The van der Waals surface area contributed by atoms with Crippen LogP contribution in [0, 0.1) is 13.8 Å². The second-order valence-corrected chi connectivity index (χ2v) is 9.30. The Kier molecular flexibility index (Phi) is 6.92. The number of carbonyl (C=O) groups is 1. The van der Waals surface area contributed by atoms with E-state index in [4.69, 9.17) is 4.74 Å². The molecule has 0 atom stereocenters. The molecule has 0 fully saturated rings. The van der Waals surface area contributed by atoms with Gasteiger partial charge in [0.25, 0.3) is 5.56 Å². The van der Waals surface area contributed by atoms with Crippen molar-refractivity contribution in [2.45, 2.75) is 26.2 Å². The fraction of sp³-hybridized carbons (Fsp3) is 0.208. The minimum atomic E-state index is -0.100. The first kappa shape index (κ1) is 22.1. The molecule has 0 saturated carbocycles. The number of fused-ring (bicyclic) bond motifs is 1. The molecular weight excluding hydrogens is 442 g/mol. The Morgan fingerprint density at radius 2 is 2.06 bits per heavy atom. The molecule has 0 spiro atoms. The lowest BCUT2D eigenvalue weighted by Crippen LogP contribution is -2.16. The summed E-state index contributed by atoms with van der Waals surface area (Å²) in [6.07, 6.45) is 1.71. The lowest BCUT2D eigenvalue weighted by Gasteiger charge is -2.12. The van der Waals surface area contributed by atoms with Gasteiger partial charge in [0.2, 0.25) is 5.91 Å². The molecule has 1 amide bonds. The molecule has 4 aromatic rings. The van der Waals surface area contributed by atoms with Gasteiger partial charge in [0.15, 0.2) is 4.96 Å². The van der Waals surface area contributed by atoms with Crippen molar-refractivity contribution in [2.75, 3.05) is 11.1 Å². The number of aromatic nitrogens is 2. The van der Waals surface area contributed by atoms with Crippen LogP contribution in [-0.4, -0.2) is 21.0 Å². The molecule has 4 rings (SSSR count). The molecule has 6 nitrogen and oxygen atoms in total. The molecule has 32 heavy (non-hydrogen) atoms. The van der Waals surface area contributed by atoms with Gasteiger partial charge in [-0.25, -0.2) is 4.98 Å². The topological polar surface area (TPSA) is 72.7 Å². The van der Waals surface area contributed by atoms with Gasteiger partial charge in [-0.15, -0.1) is 23.1 Å². The van der Waals surface area contributed by atoms with Crippen molar-refractivity contribution in [2.24, 2.45) is 0 Å². The van der Waals surface area contributed by atoms with Crippen molar-refractivity contribution in [3.05, 3.63) is 92.8 Å². The van der Waals surface area contributed by atoms with Gasteiger partial charge >= 0.3 is 0 Å². The Hall–Kier alpha value is -3.10. The average molecular weight is 466 g/mol. The highest BCUT2D eigenvalue weighted by Gasteiger charge is 2.09. The van der Waals surface area contributed by atoms with Gasteiger partial charge in [0.05, 0.1) is 11.4 Å². The van der Waals surface area contributed by atoms with E-state index in [-0.39, 0.29) is 17.2 Å². The molecule has 0 aliphatic heterocycles. The first-order chi connectivity index (χ1) is 15.5. The van der Waals surface area contributed by atoms with E-state index in [1.165, 1.54) is 39.1 Å². The second-order valence-electron chi connectivity index (χ2n) is 7.44. The Morgan fingerprint density at radius 3 is 2.88 bits per heavy atom. The molecule has 1 N–H and O–H groups in total. The average Bonchev–Trinajstić information content (AvgIpc) is 3.23. The summed E-state index contributed by atoms with van der Waals surface area (Å²) in [5.74, 6) is 1.44. The van der Waals surface area contributed by atoms with Gasteiger partial charge < -0.3 is 10.1 Å².